The van der Waals surface area contributed by atoms with Gasteiger partial charge in [0.1, 0.15) is 0 Å². The summed E-state index contributed by atoms with van der Waals surface area (Å²) in [5.74, 6) is -3.23. The molecule has 1 aliphatic heterocycles. The Morgan fingerprint density at radius 1 is 0.971 bits per heavy atom. The molecule has 0 spiro atoms. The molecule has 2 aliphatic rings. The molecule has 2 aromatic rings. The Balaban J connectivity index is 1.42. The van der Waals surface area contributed by atoms with Crippen LogP contribution in [0.4, 0.5) is 11.4 Å². The molecule has 4 rings (SSSR count). The summed E-state index contributed by atoms with van der Waals surface area (Å²) in [5, 5.41) is 2.37. The Hall–Kier alpha value is -2.32. The number of esters is 1. The van der Waals surface area contributed by atoms with E-state index in [1.807, 2.05) is 0 Å². The van der Waals surface area contributed by atoms with E-state index < -0.39 is 41.1 Å². The van der Waals surface area contributed by atoms with Crippen LogP contribution in [0.3, 0.4) is 0 Å². The number of alkyl halides is 2. The molecule has 0 radical (unpaired) electrons. The second-order valence-electron chi connectivity index (χ2n) is 8.03. The van der Waals surface area contributed by atoms with Crippen LogP contribution >= 0.6 is 46.4 Å². The van der Waals surface area contributed by atoms with Gasteiger partial charge in [-0.3, -0.25) is 19.3 Å². The third-order valence-electron chi connectivity index (χ3n) is 5.79. The molecule has 1 aliphatic carbocycles. The lowest BCUT2D eigenvalue weighted by Crippen LogP contribution is -2.34. The highest BCUT2D eigenvalue weighted by Crippen LogP contribution is 2.43. The minimum absolute atomic E-state index is 0.0759. The first-order valence-corrected chi connectivity index (χ1v) is 12.0. The first-order chi connectivity index (χ1) is 16.2. The van der Waals surface area contributed by atoms with Crippen molar-refractivity contribution in [3.63, 3.8) is 0 Å². The van der Waals surface area contributed by atoms with Crippen molar-refractivity contribution in [2.75, 3.05) is 16.8 Å². The third kappa shape index (κ3) is 5.03. The van der Waals surface area contributed by atoms with Gasteiger partial charge in [-0.05, 0) is 49.2 Å². The molecule has 178 valence electrons. The van der Waals surface area contributed by atoms with Crippen LogP contribution in [-0.2, 0) is 19.1 Å². The Morgan fingerprint density at radius 2 is 1.62 bits per heavy atom. The molecule has 1 N–H and O–H groups in total. The van der Waals surface area contributed by atoms with E-state index in [1.54, 1.807) is 12.1 Å². The maximum atomic E-state index is 12.9. The van der Waals surface area contributed by atoms with Crippen LogP contribution < -0.4 is 10.2 Å². The summed E-state index contributed by atoms with van der Waals surface area (Å²) in [5.41, 5.74) is 0.598. The topological polar surface area (TPSA) is 92.8 Å². The van der Waals surface area contributed by atoms with Gasteiger partial charge in [0.25, 0.3) is 5.91 Å². The summed E-state index contributed by atoms with van der Waals surface area (Å²) in [6.07, 6.45) is 0.629. The second kappa shape index (κ2) is 10.1. The van der Waals surface area contributed by atoms with Crippen LogP contribution in [-0.4, -0.2) is 41.1 Å². The van der Waals surface area contributed by atoms with Gasteiger partial charge in [0.2, 0.25) is 11.8 Å². The second-order valence-corrected chi connectivity index (χ2v) is 9.99. The largest absolute Gasteiger partial charge is 0.452 e. The molecule has 7 nitrogen and oxygen atoms in total. The number of amides is 3. The molecule has 3 amide bonds. The molecular weight excluding hydrogens is 526 g/mol. The Kier molecular flexibility index (Phi) is 7.38. The quantitative estimate of drug-likeness (QED) is 0.329. The average molecular weight is 544 g/mol. The number of carbonyl (C=O) groups is 4. The zero-order chi connectivity index (χ0) is 24.6. The number of hydrogen-bond acceptors (Lipinski definition) is 5. The SMILES string of the molecule is O=C(COC(=O)c1cccc(N2C(=O)[C@H]3C[C@H](Cl)[C@@H](Cl)C[C@H]3C2=O)c1)Nc1cc(Cl)ccc1Cl. The number of nitrogens with zero attached hydrogens (tertiary/aromatic N) is 1. The Morgan fingerprint density at radius 3 is 2.26 bits per heavy atom. The van der Waals surface area contributed by atoms with E-state index in [1.165, 1.54) is 30.3 Å². The summed E-state index contributed by atoms with van der Waals surface area (Å²) in [7, 11) is 0. The molecule has 34 heavy (non-hydrogen) atoms. The van der Waals surface area contributed by atoms with Crippen molar-refractivity contribution in [2.45, 2.75) is 23.6 Å². The molecule has 4 atom stereocenters. The molecule has 2 fully saturated rings. The van der Waals surface area contributed by atoms with Crippen molar-refractivity contribution >= 4 is 81.5 Å². The zero-order valence-corrected chi connectivity index (χ0v) is 20.5. The number of hydrogen-bond donors (Lipinski definition) is 1. The summed E-state index contributed by atoms with van der Waals surface area (Å²) in [4.78, 5) is 51.6. The highest BCUT2D eigenvalue weighted by atomic mass is 35.5. The molecule has 1 heterocycles. The lowest BCUT2D eigenvalue weighted by molar-refractivity contribution is -0.122. The van der Waals surface area contributed by atoms with E-state index in [-0.39, 0.29) is 33.8 Å². The number of anilines is 2. The van der Waals surface area contributed by atoms with Crippen LogP contribution in [0.1, 0.15) is 23.2 Å². The number of halogens is 4. The summed E-state index contributed by atoms with van der Waals surface area (Å²) >= 11 is 24.3. The van der Waals surface area contributed by atoms with Gasteiger partial charge in [0.05, 0.1) is 44.6 Å². The van der Waals surface area contributed by atoms with E-state index in [0.717, 1.165) is 4.90 Å². The summed E-state index contributed by atoms with van der Waals surface area (Å²) in [6.45, 7) is -0.578. The fourth-order valence-electron chi connectivity index (χ4n) is 4.12. The highest BCUT2D eigenvalue weighted by molar-refractivity contribution is 6.35. The van der Waals surface area contributed by atoms with Crippen molar-refractivity contribution in [3.05, 3.63) is 58.1 Å². The van der Waals surface area contributed by atoms with Gasteiger partial charge in [-0.15, -0.1) is 23.2 Å². The molecule has 0 aromatic heterocycles. The first kappa shape index (κ1) is 24.8. The maximum Gasteiger partial charge on any atom is 0.338 e. The number of imide groups is 1. The number of benzene rings is 2. The van der Waals surface area contributed by atoms with Gasteiger partial charge in [-0.2, -0.15) is 0 Å². The van der Waals surface area contributed by atoms with Crippen molar-refractivity contribution in [3.8, 4) is 0 Å². The third-order valence-corrected chi connectivity index (χ3v) is 7.45. The molecule has 0 bridgehead atoms. The Bertz CT molecular complexity index is 1150. The van der Waals surface area contributed by atoms with E-state index in [9.17, 15) is 19.2 Å². The molecule has 2 aromatic carbocycles. The van der Waals surface area contributed by atoms with Crippen molar-refractivity contribution in [1.29, 1.82) is 0 Å². The van der Waals surface area contributed by atoms with Gasteiger partial charge < -0.3 is 10.1 Å². The van der Waals surface area contributed by atoms with Crippen molar-refractivity contribution < 1.29 is 23.9 Å². The monoisotopic (exact) mass is 542 g/mol. The predicted molar refractivity (Wildman–Crippen MR) is 130 cm³/mol. The van der Waals surface area contributed by atoms with E-state index in [4.69, 9.17) is 51.1 Å². The lowest BCUT2D eigenvalue weighted by atomic mass is 9.80. The highest BCUT2D eigenvalue weighted by Gasteiger charge is 2.52. The minimum Gasteiger partial charge on any atom is -0.452 e. The van der Waals surface area contributed by atoms with Gasteiger partial charge >= 0.3 is 5.97 Å². The minimum atomic E-state index is -0.799. The summed E-state index contributed by atoms with van der Waals surface area (Å²) < 4.78 is 5.08. The fraction of sp³-hybridized carbons (Fsp3) is 0.304. The molecular formula is C23H18Cl4N2O5. The maximum absolute atomic E-state index is 12.9. The van der Waals surface area contributed by atoms with Crippen LogP contribution in [0.5, 0.6) is 0 Å². The number of rotatable bonds is 5. The molecule has 11 heteroatoms. The normalized spacial score (nSPS) is 24.1. The number of carbonyl (C=O) groups excluding carboxylic acids is 4. The van der Waals surface area contributed by atoms with Gasteiger partial charge in [0, 0.05) is 5.02 Å². The zero-order valence-electron chi connectivity index (χ0n) is 17.5. The van der Waals surface area contributed by atoms with E-state index in [2.05, 4.69) is 5.32 Å². The average Bonchev–Trinajstić information content (AvgIpc) is 3.04. The number of ether oxygens (including phenoxy) is 1. The Labute approximate surface area is 215 Å². The number of nitrogens with one attached hydrogen (secondary N) is 1. The summed E-state index contributed by atoms with van der Waals surface area (Å²) in [6, 6.07) is 10.5. The molecule has 1 saturated carbocycles. The predicted octanol–water partition coefficient (Wildman–Crippen LogP) is 4.90. The smallest absolute Gasteiger partial charge is 0.338 e. The van der Waals surface area contributed by atoms with Crippen LogP contribution in [0.15, 0.2) is 42.5 Å². The first-order valence-electron chi connectivity index (χ1n) is 10.3. The number of fused-ring (bicyclic) bond motifs is 1. The van der Waals surface area contributed by atoms with Gasteiger partial charge in [-0.1, -0.05) is 29.3 Å². The van der Waals surface area contributed by atoms with Gasteiger partial charge in [-0.25, -0.2) is 4.79 Å². The molecule has 0 unspecified atom stereocenters. The van der Waals surface area contributed by atoms with Crippen molar-refractivity contribution in [1.82, 2.24) is 0 Å². The standard InChI is InChI=1S/C23H18Cl4N2O5/c24-12-4-5-16(25)19(7-12)28-20(30)10-34-23(33)11-2-1-3-13(6-11)29-21(31)14-8-17(26)18(27)9-15(14)22(29)32/h1-7,14-15,17-18H,8-10H2,(H,28,30)/t14-,15+,17-,18-/m0/s1. The van der Waals surface area contributed by atoms with Crippen LogP contribution in [0, 0.1) is 11.8 Å². The van der Waals surface area contributed by atoms with Crippen LogP contribution in [0.2, 0.25) is 10.0 Å². The van der Waals surface area contributed by atoms with E-state index in [0.29, 0.717) is 17.9 Å². The van der Waals surface area contributed by atoms with Crippen molar-refractivity contribution in [2.24, 2.45) is 11.8 Å². The lowest BCUT2D eigenvalue weighted by Gasteiger charge is -2.28. The van der Waals surface area contributed by atoms with E-state index >= 15 is 0 Å². The molecule has 1 saturated heterocycles. The van der Waals surface area contributed by atoms with Crippen LogP contribution in [0.25, 0.3) is 0 Å². The van der Waals surface area contributed by atoms with Gasteiger partial charge in [0.15, 0.2) is 6.61 Å². The fourth-order valence-corrected chi connectivity index (χ4v) is 5.04.